The van der Waals surface area contributed by atoms with E-state index in [1.807, 2.05) is 42.2 Å². The van der Waals surface area contributed by atoms with Crippen LogP contribution in [0.25, 0.3) is 17.2 Å². The van der Waals surface area contributed by atoms with Crippen LogP contribution < -0.4 is 4.74 Å². The average Bonchev–Trinajstić information content (AvgIpc) is 3.20. The van der Waals surface area contributed by atoms with Gasteiger partial charge in [-0.2, -0.15) is 5.10 Å². The summed E-state index contributed by atoms with van der Waals surface area (Å²) < 4.78 is 7.08. The van der Waals surface area contributed by atoms with Gasteiger partial charge >= 0.3 is 0 Å². The maximum atomic E-state index is 13.1. The number of aromatic nitrogens is 4. The number of carbonyl (C=O) groups is 1. The van der Waals surface area contributed by atoms with E-state index in [9.17, 15) is 4.79 Å². The van der Waals surface area contributed by atoms with Gasteiger partial charge < -0.3 is 9.64 Å². The zero-order valence-electron chi connectivity index (χ0n) is 18.3. The Labute approximate surface area is 182 Å². The molecule has 0 bridgehead atoms. The van der Waals surface area contributed by atoms with Gasteiger partial charge in [0.15, 0.2) is 0 Å². The molecule has 1 aliphatic heterocycles. The number of ether oxygens (including phenoxy) is 1. The van der Waals surface area contributed by atoms with Crippen LogP contribution in [0.2, 0.25) is 0 Å². The minimum Gasteiger partial charge on any atom is -0.496 e. The Hall–Kier alpha value is -3.26. The molecule has 0 atom stereocenters. The number of rotatable bonds is 6. The quantitative estimate of drug-likeness (QED) is 0.610. The van der Waals surface area contributed by atoms with E-state index in [4.69, 9.17) is 4.74 Å². The molecule has 4 rings (SSSR count). The molecule has 1 saturated heterocycles. The zero-order chi connectivity index (χ0) is 21.8. The molecular weight excluding hydrogens is 392 g/mol. The van der Waals surface area contributed by atoms with Gasteiger partial charge in [0.25, 0.3) is 11.9 Å². The molecule has 0 N–H and O–H groups in total. The van der Waals surface area contributed by atoms with E-state index in [1.54, 1.807) is 24.2 Å². The number of amides is 1. The third-order valence-corrected chi connectivity index (χ3v) is 5.65. The van der Waals surface area contributed by atoms with Gasteiger partial charge in [-0.05, 0) is 38.1 Å². The van der Waals surface area contributed by atoms with Crippen molar-refractivity contribution < 1.29 is 9.53 Å². The summed E-state index contributed by atoms with van der Waals surface area (Å²) in [6.07, 6.45) is 4.45. The van der Waals surface area contributed by atoms with Crippen molar-refractivity contribution in [2.45, 2.75) is 20.3 Å². The highest BCUT2D eigenvalue weighted by Gasteiger charge is 2.25. The van der Waals surface area contributed by atoms with E-state index < -0.39 is 0 Å². The first kappa shape index (κ1) is 21.0. The zero-order valence-corrected chi connectivity index (χ0v) is 18.3. The highest BCUT2D eigenvalue weighted by atomic mass is 16.5. The summed E-state index contributed by atoms with van der Waals surface area (Å²) in [5, 5.41) is 4.43. The van der Waals surface area contributed by atoms with Crippen LogP contribution in [-0.4, -0.2) is 75.3 Å². The molecule has 162 valence electrons. The number of carbonyl (C=O) groups excluding carboxylic acids is 1. The second kappa shape index (κ2) is 9.26. The average molecular weight is 421 g/mol. The van der Waals surface area contributed by atoms with Crippen LogP contribution >= 0.6 is 0 Å². The van der Waals surface area contributed by atoms with Gasteiger partial charge in [0.1, 0.15) is 5.75 Å². The molecule has 2 aromatic heterocycles. The summed E-state index contributed by atoms with van der Waals surface area (Å²) in [5.74, 6) is 1.18. The number of para-hydroxylation sites is 1. The molecule has 1 aromatic carbocycles. The van der Waals surface area contributed by atoms with Crippen molar-refractivity contribution in [3.63, 3.8) is 0 Å². The second-order valence-electron chi connectivity index (χ2n) is 7.63. The van der Waals surface area contributed by atoms with E-state index in [2.05, 4.69) is 26.9 Å². The summed E-state index contributed by atoms with van der Waals surface area (Å²) in [5.41, 5.74) is 2.94. The number of hydrogen-bond acceptors (Lipinski definition) is 6. The Bertz CT molecular complexity index is 1060. The topological polar surface area (TPSA) is 76.4 Å². The Morgan fingerprint density at radius 3 is 2.65 bits per heavy atom. The number of nitrogens with zero attached hydrogens (tertiary/aromatic N) is 6. The van der Waals surface area contributed by atoms with Gasteiger partial charge in [-0.15, -0.1) is 0 Å². The van der Waals surface area contributed by atoms with E-state index in [0.29, 0.717) is 11.5 Å². The maximum absolute atomic E-state index is 13.1. The first-order valence-corrected chi connectivity index (χ1v) is 10.7. The number of benzene rings is 1. The summed E-state index contributed by atoms with van der Waals surface area (Å²) >= 11 is 0. The van der Waals surface area contributed by atoms with Crippen LogP contribution in [0.3, 0.4) is 0 Å². The lowest BCUT2D eigenvalue weighted by Crippen LogP contribution is -2.48. The van der Waals surface area contributed by atoms with Crippen molar-refractivity contribution in [3.05, 3.63) is 54.0 Å². The smallest absolute Gasteiger partial charge is 0.257 e. The maximum Gasteiger partial charge on any atom is 0.257 e. The lowest BCUT2D eigenvalue weighted by molar-refractivity contribution is 0.0636. The summed E-state index contributed by atoms with van der Waals surface area (Å²) in [6.45, 7) is 8.45. The molecule has 31 heavy (non-hydrogen) atoms. The van der Waals surface area contributed by atoms with Crippen LogP contribution in [-0.2, 0) is 0 Å². The summed E-state index contributed by atoms with van der Waals surface area (Å²) in [4.78, 5) is 26.5. The molecule has 0 aliphatic carbocycles. The van der Waals surface area contributed by atoms with E-state index in [-0.39, 0.29) is 5.91 Å². The molecule has 8 nitrogen and oxygen atoms in total. The first-order chi connectivity index (χ1) is 15.1. The highest BCUT2D eigenvalue weighted by Crippen LogP contribution is 2.28. The molecule has 1 amide bonds. The molecule has 3 aromatic rings. The molecule has 1 fully saturated rings. The number of methoxy groups -OCH3 is 1. The fourth-order valence-electron chi connectivity index (χ4n) is 3.94. The van der Waals surface area contributed by atoms with Gasteiger partial charge in [0.05, 0.1) is 30.3 Å². The van der Waals surface area contributed by atoms with Gasteiger partial charge in [-0.3, -0.25) is 9.69 Å². The third-order valence-electron chi connectivity index (χ3n) is 5.65. The Balaban J connectivity index is 1.57. The minimum absolute atomic E-state index is 0.0146. The van der Waals surface area contributed by atoms with Gasteiger partial charge in [0.2, 0.25) is 0 Å². The molecular formula is C23H28N6O2. The fourth-order valence-corrected chi connectivity index (χ4v) is 3.94. The molecule has 3 heterocycles. The Morgan fingerprint density at radius 2 is 1.90 bits per heavy atom. The van der Waals surface area contributed by atoms with Gasteiger partial charge in [-0.25, -0.2) is 14.6 Å². The van der Waals surface area contributed by atoms with Crippen LogP contribution in [0.15, 0.2) is 42.7 Å². The van der Waals surface area contributed by atoms with E-state index in [1.165, 1.54) is 0 Å². The number of piperazine rings is 1. The van der Waals surface area contributed by atoms with Crippen molar-refractivity contribution in [2.24, 2.45) is 0 Å². The predicted molar refractivity (Wildman–Crippen MR) is 119 cm³/mol. The molecule has 8 heteroatoms. The first-order valence-electron chi connectivity index (χ1n) is 10.7. The van der Waals surface area contributed by atoms with Crippen molar-refractivity contribution in [1.82, 2.24) is 29.5 Å². The Kier molecular flexibility index (Phi) is 6.27. The Morgan fingerprint density at radius 1 is 1.13 bits per heavy atom. The standard InChI is InChI=1S/C23H28N6O2/c1-4-11-27-12-14-28(15-13-27)22(30)19-16-25-29(17(19)2)23-24-10-9-20(26-23)18-7-5-6-8-21(18)31-3/h5-10,16H,4,11-15H2,1-3H3. The fraction of sp³-hybridized carbons (Fsp3) is 0.391. The number of hydrogen-bond donors (Lipinski definition) is 0. The third kappa shape index (κ3) is 4.29. The van der Waals surface area contributed by atoms with Crippen molar-refractivity contribution in [2.75, 3.05) is 39.8 Å². The molecule has 1 aliphatic rings. The predicted octanol–water partition coefficient (Wildman–Crippen LogP) is 2.81. The minimum atomic E-state index is 0.0146. The molecule has 0 radical (unpaired) electrons. The SMILES string of the molecule is CCCN1CCN(C(=O)c2cnn(-c3nccc(-c4ccccc4OC)n3)c2C)CC1. The molecule has 0 spiro atoms. The van der Waals surface area contributed by atoms with Crippen molar-refractivity contribution in [3.8, 4) is 23.0 Å². The van der Waals surface area contributed by atoms with Gasteiger partial charge in [-0.1, -0.05) is 19.1 Å². The summed E-state index contributed by atoms with van der Waals surface area (Å²) in [6, 6.07) is 9.54. The van der Waals surface area contributed by atoms with Gasteiger partial charge in [0, 0.05) is 37.9 Å². The normalized spacial score (nSPS) is 14.6. The molecule has 0 unspecified atom stereocenters. The van der Waals surface area contributed by atoms with E-state index >= 15 is 0 Å². The molecule has 0 saturated carbocycles. The lowest BCUT2D eigenvalue weighted by atomic mass is 10.1. The highest BCUT2D eigenvalue weighted by molar-refractivity contribution is 5.95. The summed E-state index contributed by atoms with van der Waals surface area (Å²) in [7, 11) is 1.64. The van der Waals surface area contributed by atoms with Crippen LogP contribution in [0.4, 0.5) is 0 Å². The van der Waals surface area contributed by atoms with Crippen LogP contribution in [0.1, 0.15) is 29.4 Å². The van der Waals surface area contributed by atoms with Crippen LogP contribution in [0.5, 0.6) is 5.75 Å². The largest absolute Gasteiger partial charge is 0.496 e. The monoisotopic (exact) mass is 420 g/mol. The van der Waals surface area contributed by atoms with Crippen molar-refractivity contribution in [1.29, 1.82) is 0 Å². The lowest BCUT2D eigenvalue weighted by Gasteiger charge is -2.34. The van der Waals surface area contributed by atoms with Crippen molar-refractivity contribution >= 4 is 5.91 Å². The second-order valence-corrected chi connectivity index (χ2v) is 7.63. The van der Waals surface area contributed by atoms with Crippen LogP contribution in [0, 0.1) is 6.92 Å². The van der Waals surface area contributed by atoms with E-state index in [0.717, 1.165) is 61.8 Å².